The van der Waals surface area contributed by atoms with Crippen LogP contribution in [0.2, 0.25) is 5.02 Å². The van der Waals surface area contributed by atoms with Crippen LogP contribution in [0.4, 0.5) is 10.5 Å². The van der Waals surface area contributed by atoms with E-state index < -0.39 is 6.03 Å². The van der Waals surface area contributed by atoms with E-state index >= 15 is 0 Å². The molecule has 0 spiro atoms. The summed E-state index contributed by atoms with van der Waals surface area (Å²) in [7, 11) is 0. The lowest BCUT2D eigenvalue weighted by molar-refractivity contribution is 0.229. The van der Waals surface area contributed by atoms with Gasteiger partial charge in [0.2, 0.25) is 0 Å². The van der Waals surface area contributed by atoms with Gasteiger partial charge in [0.05, 0.1) is 23.4 Å². The van der Waals surface area contributed by atoms with Crippen LogP contribution in [-0.4, -0.2) is 23.8 Å². The number of hydrogen-bond acceptors (Lipinski definition) is 3. The quantitative estimate of drug-likeness (QED) is 0.787. The SMILES string of the molecule is CC(CO)NC(=O)Nc1ccccc1Oc1ccccc1Cl. The number of rotatable bonds is 5. The molecule has 2 aromatic rings. The van der Waals surface area contributed by atoms with Crippen molar-refractivity contribution in [2.45, 2.75) is 13.0 Å². The number of benzene rings is 2. The summed E-state index contributed by atoms with van der Waals surface area (Å²) >= 11 is 6.07. The van der Waals surface area contributed by atoms with Gasteiger partial charge in [-0.05, 0) is 31.2 Å². The molecule has 0 saturated carbocycles. The van der Waals surface area contributed by atoms with E-state index in [-0.39, 0.29) is 12.6 Å². The smallest absolute Gasteiger partial charge is 0.319 e. The van der Waals surface area contributed by atoms with Gasteiger partial charge in [-0.15, -0.1) is 0 Å². The second-order valence-corrected chi connectivity index (χ2v) is 5.12. The van der Waals surface area contributed by atoms with Gasteiger partial charge in [0.1, 0.15) is 5.75 Å². The van der Waals surface area contributed by atoms with Gasteiger partial charge in [-0.2, -0.15) is 0 Å². The lowest BCUT2D eigenvalue weighted by Crippen LogP contribution is -2.38. The molecule has 0 aliphatic carbocycles. The maximum Gasteiger partial charge on any atom is 0.319 e. The number of hydrogen-bond donors (Lipinski definition) is 3. The second-order valence-electron chi connectivity index (χ2n) is 4.71. The van der Waals surface area contributed by atoms with Crippen LogP contribution >= 0.6 is 11.6 Å². The number of aliphatic hydroxyl groups excluding tert-OH is 1. The van der Waals surface area contributed by atoms with Crippen LogP contribution in [-0.2, 0) is 0 Å². The van der Waals surface area contributed by atoms with Crippen molar-refractivity contribution in [3.05, 3.63) is 53.6 Å². The van der Waals surface area contributed by atoms with Crippen molar-refractivity contribution in [1.82, 2.24) is 5.32 Å². The first kappa shape index (κ1) is 16.1. The number of ether oxygens (including phenoxy) is 1. The molecule has 22 heavy (non-hydrogen) atoms. The Kier molecular flexibility index (Phi) is 5.63. The van der Waals surface area contributed by atoms with Gasteiger partial charge in [0.15, 0.2) is 5.75 Å². The van der Waals surface area contributed by atoms with Gasteiger partial charge < -0.3 is 20.5 Å². The van der Waals surface area contributed by atoms with E-state index in [1.54, 1.807) is 43.3 Å². The number of aliphatic hydroxyl groups is 1. The zero-order valence-corrected chi connectivity index (χ0v) is 12.8. The first-order valence-electron chi connectivity index (χ1n) is 6.80. The van der Waals surface area contributed by atoms with Crippen molar-refractivity contribution in [2.75, 3.05) is 11.9 Å². The molecule has 1 atom stereocenters. The molecule has 0 bridgehead atoms. The molecule has 116 valence electrons. The van der Waals surface area contributed by atoms with Crippen molar-refractivity contribution < 1.29 is 14.6 Å². The van der Waals surface area contributed by atoms with Crippen molar-refractivity contribution >= 4 is 23.3 Å². The largest absolute Gasteiger partial charge is 0.454 e. The molecule has 5 nitrogen and oxygen atoms in total. The third-order valence-electron chi connectivity index (χ3n) is 2.84. The second kappa shape index (κ2) is 7.68. The Labute approximate surface area is 133 Å². The highest BCUT2D eigenvalue weighted by Gasteiger charge is 2.11. The fourth-order valence-corrected chi connectivity index (χ4v) is 1.91. The molecule has 6 heteroatoms. The number of urea groups is 1. The monoisotopic (exact) mass is 320 g/mol. The average molecular weight is 321 g/mol. The first-order valence-corrected chi connectivity index (χ1v) is 7.17. The van der Waals surface area contributed by atoms with Gasteiger partial charge >= 0.3 is 6.03 Å². The standard InChI is InChI=1S/C16H17ClN2O3/c1-11(10-20)18-16(21)19-13-7-3-5-9-15(13)22-14-8-4-2-6-12(14)17/h2-9,11,20H,10H2,1H3,(H2,18,19,21). The normalized spacial score (nSPS) is 11.6. The van der Waals surface area contributed by atoms with Gasteiger partial charge in [-0.1, -0.05) is 35.9 Å². The van der Waals surface area contributed by atoms with Gasteiger partial charge in [-0.25, -0.2) is 4.79 Å². The Balaban J connectivity index is 2.13. The molecule has 2 aromatic carbocycles. The van der Waals surface area contributed by atoms with Crippen molar-refractivity contribution in [3.63, 3.8) is 0 Å². The molecule has 1 unspecified atom stereocenters. The van der Waals surface area contributed by atoms with E-state index in [0.717, 1.165) is 0 Å². The van der Waals surface area contributed by atoms with Crippen molar-refractivity contribution in [1.29, 1.82) is 0 Å². The zero-order chi connectivity index (χ0) is 15.9. The topological polar surface area (TPSA) is 70.6 Å². The summed E-state index contributed by atoms with van der Waals surface area (Å²) in [5, 5.41) is 14.7. The molecule has 2 amide bonds. The minimum atomic E-state index is -0.420. The highest BCUT2D eigenvalue weighted by Crippen LogP contribution is 2.33. The molecule has 0 aliphatic rings. The van der Waals surface area contributed by atoms with Crippen LogP contribution in [0.5, 0.6) is 11.5 Å². The summed E-state index contributed by atoms with van der Waals surface area (Å²) in [5.41, 5.74) is 0.505. The minimum absolute atomic E-state index is 0.134. The number of amides is 2. The van der Waals surface area contributed by atoms with E-state index in [2.05, 4.69) is 10.6 Å². The summed E-state index contributed by atoms with van der Waals surface area (Å²) in [6.45, 7) is 1.57. The Morgan fingerprint density at radius 1 is 1.18 bits per heavy atom. The van der Waals surface area contributed by atoms with E-state index in [1.165, 1.54) is 0 Å². The van der Waals surface area contributed by atoms with Crippen LogP contribution in [0.15, 0.2) is 48.5 Å². The molecule has 3 N–H and O–H groups in total. The van der Waals surface area contributed by atoms with E-state index in [1.807, 2.05) is 12.1 Å². The van der Waals surface area contributed by atoms with Crippen LogP contribution in [0.1, 0.15) is 6.92 Å². The molecule has 0 aliphatic heterocycles. The molecular formula is C16H17ClN2O3. The predicted octanol–water partition coefficient (Wildman–Crippen LogP) is 3.63. The van der Waals surface area contributed by atoms with Crippen LogP contribution in [0.25, 0.3) is 0 Å². The fraction of sp³-hybridized carbons (Fsp3) is 0.188. The molecular weight excluding hydrogens is 304 g/mol. The molecule has 0 saturated heterocycles. The van der Waals surface area contributed by atoms with Crippen LogP contribution in [0.3, 0.4) is 0 Å². The number of nitrogens with one attached hydrogen (secondary N) is 2. The average Bonchev–Trinajstić information content (AvgIpc) is 2.51. The third-order valence-corrected chi connectivity index (χ3v) is 3.16. The number of carbonyl (C=O) groups is 1. The Bertz CT molecular complexity index is 649. The minimum Gasteiger partial charge on any atom is -0.454 e. The number of anilines is 1. The third kappa shape index (κ3) is 4.38. The molecule has 0 heterocycles. The Hall–Kier alpha value is -2.24. The van der Waals surface area contributed by atoms with E-state index in [4.69, 9.17) is 21.4 Å². The molecule has 0 aromatic heterocycles. The van der Waals surface area contributed by atoms with Crippen LogP contribution < -0.4 is 15.4 Å². The van der Waals surface area contributed by atoms with Crippen molar-refractivity contribution in [3.8, 4) is 11.5 Å². The Morgan fingerprint density at radius 2 is 1.82 bits per heavy atom. The number of halogens is 1. The van der Waals surface area contributed by atoms with Gasteiger partial charge in [0.25, 0.3) is 0 Å². The lowest BCUT2D eigenvalue weighted by atomic mass is 10.3. The fourth-order valence-electron chi connectivity index (χ4n) is 1.73. The number of para-hydroxylation sites is 3. The van der Waals surface area contributed by atoms with Gasteiger partial charge in [-0.3, -0.25) is 0 Å². The summed E-state index contributed by atoms with van der Waals surface area (Å²) < 4.78 is 5.75. The van der Waals surface area contributed by atoms with E-state index in [0.29, 0.717) is 22.2 Å². The summed E-state index contributed by atoms with van der Waals surface area (Å²) in [6.07, 6.45) is 0. The highest BCUT2D eigenvalue weighted by molar-refractivity contribution is 6.32. The predicted molar refractivity (Wildman–Crippen MR) is 86.7 cm³/mol. The first-order chi connectivity index (χ1) is 10.6. The maximum atomic E-state index is 11.8. The van der Waals surface area contributed by atoms with Crippen molar-refractivity contribution in [2.24, 2.45) is 0 Å². The number of carbonyl (C=O) groups excluding carboxylic acids is 1. The molecule has 0 fully saturated rings. The summed E-state index contributed by atoms with van der Waals surface area (Å²) in [4.78, 5) is 11.8. The summed E-state index contributed by atoms with van der Waals surface area (Å²) in [6, 6.07) is 13.4. The molecule has 0 radical (unpaired) electrons. The molecule has 2 rings (SSSR count). The Morgan fingerprint density at radius 3 is 2.50 bits per heavy atom. The van der Waals surface area contributed by atoms with Gasteiger partial charge in [0, 0.05) is 0 Å². The lowest BCUT2D eigenvalue weighted by Gasteiger charge is -2.15. The van der Waals surface area contributed by atoms with Crippen LogP contribution in [0, 0.1) is 0 Å². The highest BCUT2D eigenvalue weighted by atomic mass is 35.5. The maximum absolute atomic E-state index is 11.8. The summed E-state index contributed by atoms with van der Waals surface area (Å²) in [5.74, 6) is 0.977. The zero-order valence-electron chi connectivity index (χ0n) is 12.0. The van der Waals surface area contributed by atoms with E-state index in [9.17, 15) is 4.79 Å².